The fourth-order valence-corrected chi connectivity index (χ4v) is 2.93. The van der Waals surface area contributed by atoms with Crippen molar-refractivity contribution in [1.82, 2.24) is 9.80 Å². The zero-order valence-corrected chi connectivity index (χ0v) is 15.3. The van der Waals surface area contributed by atoms with E-state index in [1.54, 1.807) is 4.90 Å². The van der Waals surface area contributed by atoms with Gasteiger partial charge in [-0.25, -0.2) is 4.79 Å². The molecule has 1 aromatic carbocycles. The number of hydrogen-bond acceptors (Lipinski definition) is 3. The Morgan fingerprint density at radius 2 is 1.83 bits per heavy atom. The van der Waals surface area contributed by atoms with E-state index < -0.39 is 17.7 Å². The van der Waals surface area contributed by atoms with Crippen molar-refractivity contribution in [3.63, 3.8) is 0 Å². The van der Waals surface area contributed by atoms with Crippen LogP contribution in [0.1, 0.15) is 40.2 Å². The first-order chi connectivity index (χ1) is 11.2. The molecule has 1 saturated heterocycles. The second-order valence-corrected chi connectivity index (χ2v) is 7.61. The molecular weight excluding hydrogens is 304 g/mol. The summed E-state index contributed by atoms with van der Waals surface area (Å²) in [6.07, 6.45) is -0.408. The highest BCUT2D eigenvalue weighted by Crippen LogP contribution is 2.23. The lowest BCUT2D eigenvalue weighted by molar-refractivity contribution is -0.144. The molecule has 24 heavy (non-hydrogen) atoms. The number of carbonyl (C=O) groups is 2. The van der Waals surface area contributed by atoms with Gasteiger partial charge in [0.05, 0.1) is 0 Å². The maximum Gasteiger partial charge on any atom is 0.411 e. The highest BCUT2D eigenvalue weighted by Gasteiger charge is 2.40. The molecule has 0 spiro atoms. The number of ether oxygens (including phenoxy) is 1. The summed E-state index contributed by atoms with van der Waals surface area (Å²) >= 11 is 0. The fourth-order valence-electron chi connectivity index (χ4n) is 2.93. The summed E-state index contributed by atoms with van der Waals surface area (Å²) in [5, 5.41) is 0. The Bertz CT molecular complexity index is 578. The summed E-state index contributed by atoms with van der Waals surface area (Å²) in [5.41, 5.74) is 0.530. The van der Waals surface area contributed by atoms with Crippen LogP contribution in [-0.2, 0) is 16.1 Å². The molecule has 1 unspecified atom stereocenters. The summed E-state index contributed by atoms with van der Waals surface area (Å²) in [6.45, 7) is 11.0. The number of piperazine rings is 1. The fraction of sp³-hybridized carbons (Fsp3) is 0.579. The van der Waals surface area contributed by atoms with Gasteiger partial charge in [0.15, 0.2) is 0 Å². The number of carbonyl (C=O) groups excluding carboxylic acids is 2. The minimum Gasteiger partial charge on any atom is -0.444 e. The Kier molecular flexibility index (Phi) is 5.52. The van der Waals surface area contributed by atoms with E-state index in [9.17, 15) is 9.59 Å². The van der Waals surface area contributed by atoms with Crippen molar-refractivity contribution in [3.05, 3.63) is 35.9 Å². The van der Waals surface area contributed by atoms with Crippen molar-refractivity contribution in [2.75, 3.05) is 13.1 Å². The van der Waals surface area contributed by atoms with Gasteiger partial charge >= 0.3 is 6.09 Å². The molecule has 1 aliphatic rings. The molecule has 2 rings (SSSR count). The normalized spacial score (nSPS) is 18.9. The minimum absolute atomic E-state index is 0.00837. The standard InChI is InChI=1S/C19H28N2O3/c1-14(2)16-17(22)20(13-15-9-7-6-8-10-15)11-12-21(16)18(23)24-19(3,4)5/h6-10,14,16H,11-13H2,1-5H3. The predicted octanol–water partition coefficient (Wildman–Crippen LogP) is 3.29. The Balaban J connectivity index is 2.13. The molecule has 0 aliphatic carbocycles. The van der Waals surface area contributed by atoms with E-state index in [-0.39, 0.29) is 11.8 Å². The van der Waals surface area contributed by atoms with E-state index >= 15 is 0 Å². The van der Waals surface area contributed by atoms with Crippen LogP contribution in [0.25, 0.3) is 0 Å². The van der Waals surface area contributed by atoms with Gasteiger partial charge < -0.3 is 9.64 Å². The molecule has 5 nitrogen and oxygen atoms in total. The maximum atomic E-state index is 12.9. The van der Waals surface area contributed by atoms with E-state index in [1.165, 1.54) is 0 Å². The Morgan fingerprint density at radius 1 is 1.21 bits per heavy atom. The molecule has 0 saturated carbocycles. The first kappa shape index (κ1) is 18.3. The number of benzene rings is 1. The molecule has 1 atom stereocenters. The van der Waals surface area contributed by atoms with E-state index in [2.05, 4.69) is 0 Å². The third-order valence-electron chi connectivity index (χ3n) is 3.99. The first-order valence-electron chi connectivity index (χ1n) is 8.51. The molecule has 1 aromatic rings. The Labute approximate surface area is 144 Å². The second kappa shape index (κ2) is 7.24. The minimum atomic E-state index is -0.567. The molecule has 0 bridgehead atoms. The highest BCUT2D eigenvalue weighted by molar-refractivity contribution is 5.87. The van der Waals surface area contributed by atoms with Gasteiger partial charge in [0.25, 0.3) is 0 Å². The van der Waals surface area contributed by atoms with Crippen molar-refractivity contribution in [3.8, 4) is 0 Å². The number of nitrogens with zero attached hydrogens (tertiary/aromatic N) is 2. The second-order valence-electron chi connectivity index (χ2n) is 7.61. The van der Waals surface area contributed by atoms with Gasteiger partial charge in [-0.3, -0.25) is 9.69 Å². The van der Waals surface area contributed by atoms with Crippen molar-refractivity contribution < 1.29 is 14.3 Å². The van der Waals surface area contributed by atoms with Crippen molar-refractivity contribution >= 4 is 12.0 Å². The van der Waals surface area contributed by atoms with E-state index in [0.29, 0.717) is 19.6 Å². The number of rotatable bonds is 3. The summed E-state index contributed by atoms with van der Waals surface area (Å²) in [6, 6.07) is 9.45. The lowest BCUT2D eigenvalue weighted by atomic mass is 9.98. The molecule has 2 amide bonds. The smallest absolute Gasteiger partial charge is 0.411 e. The average Bonchev–Trinajstić information content (AvgIpc) is 2.48. The molecular formula is C19H28N2O3. The molecule has 0 aromatic heterocycles. The van der Waals surface area contributed by atoms with Gasteiger partial charge in [0.1, 0.15) is 11.6 Å². The van der Waals surface area contributed by atoms with Crippen molar-refractivity contribution in [2.45, 2.75) is 52.8 Å². The van der Waals surface area contributed by atoms with E-state index in [0.717, 1.165) is 5.56 Å². The van der Waals surface area contributed by atoms with E-state index in [4.69, 9.17) is 4.74 Å². The van der Waals surface area contributed by atoms with Crippen LogP contribution in [0.4, 0.5) is 4.79 Å². The van der Waals surface area contributed by atoms with Gasteiger partial charge in [0.2, 0.25) is 5.91 Å². The van der Waals surface area contributed by atoms with Crippen LogP contribution in [0.2, 0.25) is 0 Å². The van der Waals surface area contributed by atoms with Gasteiger partial charge in [-0.05, 0) is 32.3 Å². The zero-order chi connectivity index (χ0) is 17.9. The molecule has 0 N–H and O–H groups in total. The molecule has 1 fully saturated rings. The molecule has 1 heterocycles. The largest absolute Gasteiger partial charge is 0.444 e. The van der Waals surface area contributed by atoms with Gasteiger partial charge in [-0.1, -0.05) is 44.2 Å². The third kappa shape index (κ3) is 4.49. The van der Waals surface area contributed by atoms with Gasteiger partial charge in [0, 0.05) is 19.6 Å². The van der Waals surface area contributed by atoms with Gasteiger partial charge in [-0.15, -0.1) is 0 Å². The van der Waals surface area contributed by atoms with Crippen LogP contribution in [0, 0.1) is 5.92 Å². The zero-order valence-electron chi connectivity index (χ0n) is 15.3. The van der Waals surface area contributed by atoms with Crippen molar-refractivity contribution in [2.24, 2.45) is 5.92 Å². The number of amides is 2. The summed E-state index contributed by atoms with van der Waals surface area (Å²) < 4.78 is 5.48. The molecule has 5 heteroatoms. The topological polar surface area (TPSA) is 49.9 Å². The van der Waals surface area contributed by atoms with Crippen LogP contribution in [0.3, 0.4) is 0 Å². The molecule has 0 radical (unpaired) electrons. The monoisotopic (exact) mass is 332 g/mol. The molecule has 1 aliphatic heterocycles. The van der Waals surface area contributed by atoms with Crippen LogP contribution in [0.15, 0.2) is 30.3 Å². The average molecular weight is 332 g/mol. The first-order valence-corrected chi connectivity index (χ1v) is 8.51. The Morgan fingerprint density at radius 3 is 2.38 bits per heavy atom. The SMILES string of the molecule is CC(C)C1C(=O)N(Cc2ccccc2)CCN1C(=O)OC(C)(C)C. The predicted molar refractivity (Wildman–Crippen MR) is 93.4 cm³/mol. The van der Waals surface area contributed by atoms with Crippen molar-refractivity contribution in [1.29, 1.82) is 0 Å². The lowest BCUT2D eigenvalue weighted by Gasteiger charge is -2.42. The summed E-state index contributed by atoms with van der Waals surface area (Å²) in [7, 11) is 0. The lowest BCUT2D eigenvalue weighted by Crippen LogP contribution is -2.60. The van der Waals surface area contributed by atoms with Crippen LogP contribution in [-0.4, -0.2) is 46.5 Å². The maximum absolute atomic E-state index is 12.9. The van der Waals surface area contributed by atoms with Crippen LogP contribution < -0.4 is 0 Å². The van der Waals surface area contributed by atoms with Crippen LogP contribution in [0.5, 0.6) is 0 Å². The van der Waals surface area contributed by atoms with Gasteiger partial charge in [-0.2, -0.15) is 0 Å². The Hall–Kier alpha value is -2.04. The summed E-state index contributed by atoms with van der Waals surface area (Å²) in [4.78, 5) is 28.8. The highest BCUT2D eigenvalue weighted by atomic mass is 16.6. The van der Waals surface area contributed by atoms with E-state index in [1.807, 2.05) is 69.9 Å². The van der Waals surface area contributed by atoms with Crippen LogP contribution >= 0.6 is 0 Å². The third-order valence-corrected chi connectivity index (χ3v) is 3.99. The quantitative estimate of drug-likeness (QED) is 0.853. The summed E-state index contributed by atoms with van der Waals surface area (Å²) in [5.74, 6) is 0.0227. The molecule has 132 valence electrons. The number of hydrogen-bond donors (Lipinski definition) is 0.